The summed E-state index contributed by atoms with van der Waals surface area (Å²) in [6.07, 6.45) is -0.0297. The summed E-state index contributed by atoms with van der Waals surface area (Å²) in [5, 5.41) is 9.42. The average Bonchev–Trinajstić information content (AvgIpc) is 2.08. The normalized spacial score (nSPS) is 13.0. The Morgan fingerprint density at radius 2 is 2.25 bits per heavy atom. The predicted molar refractivity (Wildman–Crippen MR) is 46.7 cm³/mol. The zero-order valence-corrected chi connectivity index (χ0v) is 7.48. The van der Waals surface area contributed by atoms with E-state index in [0.717, 1.165) is 0 Å². The Labute approximate surface area is 75.8 Å². The number of rotatable bonds is 2. The second-order valence-corrected chi connectivity index (χ2v) is 3.00. The number of aliphatic hydroxyl groups excluding tert-OH is 1. The molecule has 0 saturated heterocycles. The van der Waals surface area contributed by atoms with Crippen LogP contribution in [0.3, 0.4) is 0 Å². The summed E-state index contributed by atoms with van der Waals surface area (Å²) in [5.41, 5.74) is 0.569. The quantitative estimate of drug-likeness (QED) is 0.757. The first kappa shape index (κ1) is 9.49. The van der Waals surface area contributed by atoms with Gasteiger partial charge in [-0.1, -0.05) is 24.6 Å². The third kappa shape index (κ3) is 1.96. The van der Waals surface area contributed by atoms with Crippen LogP contribution in [0.4, 0.5) is 4.39 Å². The molecule has 0 aliphatic rings. The summed E-state index contributed by atoms with van der Waals surface area (Å²) in [6.45, 7) is 1.83. The molecule has 3 heteroatoms. The highest BCUT2D eigenvalue weighted by atomic mass is 35.5. The minimum Gasteiger partial charge on any atom is -0.388 e. The van der Waals surface area contributed by atoms with Gasteiger partial charge in [0.2, 0.25) is 0 Å². The maximum absolute atomic E-state index is 12.8. The van der Waals surface area contributed by atoms with Gasteiger partial charge in [0.05, 0.1) is 11.1 Å². The molecule has 0 aromatic heterocycles. The molecule has 0 bridgehead atoms. The summed E-state index contributed by atoms with van der Waals surface area (Å²) in [5.74, 6) is -0.485. The molecule has 0 heterocycles. The standard InChI is InChI=1S/C9H10ClFO/c1-2-9(12)6-3-4-7(10)8(11)5-6/h3-5,9,12H,2H2,1H3/t9-/m0/s1. The monoisotopic (exact) mass is 188 g/mol. The van der Waals surface area contributed by atoms with Crippen LogP contribution >= 0.6 is 11.6 Å². The first-order valence-electron chi connectivity index (χ1n) is 3.78. The second kappa shape index (κ2) is 3.87. The molecule has 66 valence electrons. The molecule has 0 saturated carbocycles. The van der Waals surface area contributed by atoms with Crippen molar-refractivity contribution in [3.63, 3.8) is 0 Å². The van der Waals surface area contributed by atoms with E-state index in [1.165, 1.54) is 12.1 Å². The molecule has 1 aromatic rings. The van der Waals surface area contributed by atoms with Crippen LogP contribution in [-0.2, 0) is 0 Å². The number of benzene rings is 1. The molecule has 1 atom stereocenters. The van der Waals surface area contributed by atoms with E-state index in [-0.39, 0.29) is 5.02 Å². The Hall–Kier alpha value is -0.600. The summed E-state index contributed by atoms with van der Waals surface area (Å²) in [4.78, 5) is 0. The summed E-state index contributed by atoms with van der Waals surface area (Å²) < 4.78 is 12.8. The molecule has 1 nitrogen and oxygen atoms in total. The van der Waals surface area contributed by atoms with Gasteiger partial charge < -0.3 is 5.11 Å². The van der Waals surface area contributed by atoms with E-state index in [0.29, 0.717) is 12.0 Å². The van der Waals surface area contributed by atoms with Crippen molar-refractivity contribution in [3.05, 3.63) is 34.6 Å². The molecule has 0 radical (unpaired) electrons. The van der Waals surface area contributed by atoms with Crippen molar-refractivity contribution < 1.29 is 9.50 Å². The van der Waals surface area contributed by atoms with Crippen molar-refractivity contribution >= 4 is 11.6 Å². The van der Waals surface area contributed by atoms with Crippen LogP contribution in [0.25, 0.3) is 0 Å². The zero-order valence-electron chi connectivity index (χ0n) is 6.72. The summed E-state index contributed by atoms with van der Waals surface area (Å²) in [7, 11) is 0. The Morgan fingerprint density at radius 3 is 2.75 bits per heavy atom. The number of halogens is 2. The van der Waals surface area contributed by atoms with Gasteiger partial charge in [-0.25, -0.2) is 4.39 Å². The minimum atomic E-state index is -0.600. The van der Waals surface area contributed by atoms with Gasteiger partial charge in [0, 0.05) is 0 Å². The maximum Gasteiger partial charge on any atom is 0.142 e. The Morgan fingerprint density at radius 1 is 1.58 bits per heavy atom. The van der Waals surface area contributed by atoms with E-state index >= 15 is 0 Å². The molecule has 0 amide bonds. The molecule has 0 spiro atoms. The van der Waals surface area contributed by atoms with Gasteiger partial charge in [0.15, 0.2) is 0 Å². The van der Waals surface area contributed by atoms with Crippen LogP contribution in [0.1, 0.15) is 25.0 Å². The molecule has 0 unspecified atom stereocenters. The van der Waals surface area contributed by atoms with E-state index in [1.807, 2.05) is 6.92 Å². The Kier molecular flexibility index (Phi) is 3.06. The van der Waals surface area contributed by atoms with Crippen molar-refractivity contribution in [1.29, 1.82) is 0 Å². The van der Waals surface area contributed by atoms with E-state index in [4.69, 9.17) is 11.6 Å². The number of hydrogen-bond donors (Lipinski definition) is 1. The minimum absolute atomic E-state index is 0.0852. The SMILES string of the molecule is CC[C@H](O)c1ccc(Cl)c(F)c1. The van der Waals surface area contributed by atoms with Gasteiger partial charge >= 0.3 is 0 Å². The smallest absolute Gasteiger partial charge is 0.142 e. The van der Waals surface area contributed by atoms with Crippen LogP contribution in [0.2, 0.25) is 5.02 Å². The van der Waals surface area contributed by atoms with Crippen LogP contribution < -0.4 is 0 Å². The van der Waals surface area contributed by atoms with Crippen LogP contribution in [0.15, 0.2) is 18.2 Å². The van der Waals surface area contributed by atoms with E-state index in [2.05, 4.69) is 0 Å². The predicted octanol–water partition coefficient (Wildman–Crippen LogP) is 2.92. The molecule has 1 N–H and O–H groups in total. The highest BCUT2D eigenvalue weighted by molar-refractivity contribution is 6.30. The molecule has 1 aromatic carbocycles. The number of aliphatic hydroxyl groups is 1. The van der Waals surface area contributed by atoms with Gasteiger partial charge in [-0.2, -0.15) is 0 Å². The average molecular weight is 189 g/mol. The molecule has 1 rings (SSSR count). The highest BCUT2D eigenvalue weighted by Gasteiger charge is 2.07. The first-order chi connectivity index (χ1) is 5.65. The lowest BCUT2D eigenvalue weighted by Gasteiger charge is -2.07. The Bertz CT molecular complexity index is 275. The highest BCUT2D eigenvalue weighted by Crippen LogP contribution is 2.21. The van der Waals surface area contributed by atoms with E-state index in [9.17, 15) is 9.50 Å². The maximum atomic E-state index is 12.8. The lowest BCUT2D eigenvalue weighted by molar-refractivity contribution is 0.173. The third-order valence-corrected chi connectivity index (χ3v) is 2.02. The van der Waals surface area contributed by atoms with Crippen LogP contribution in [-0.4, -0.2) is 5.11 Å². The van der Waals surface area contributed by atoms with Gasteiger partial charge in [-0.05, 0) is 24.1 Å². The fourth-order valence-electron chi connectivity index (χ4n) is 0.955. The topological polar surface area (TPSA) is 20.2 Å². The van der Waals surface area contributed by atoms with Crippen molar-refractivity contribution in [3.8, 4) is 0 Å². The molecule has 0 aliphatic heterocycles. The van der Waals surface area contributed by atoms with Gasteiger partial charge in [0.25, 0.3) is 0 Å². The second-order valence-electron chi connectivity index (χ2n) is 2.60. The van der Waals surface area contributed by atoms with Crippen molar-refractivity contribution in [2.45, 2.75) is 19.4 Å². The van der Waals surface area contributed by atoms with Crippen molar-refractivity contribution in [1.82, 2.24) is 0 Å². The van der Waals surface area contributed by atoms with Gasteiger partial charge in [-0.3, -0.25) is 0 Å². The summed E-state index contributed by atoms with van der Waals surface area (Å²) >= 11 is 5.47. The largest absolute Gasteiger partial charge is 0.388 e. The molecular weight excluding hydrogens is 179 g/mol. The van der Waals surface area contributed by atoms with Crippen LogP contribution in [0, 0.1) is 5.82 Å². The molecule has 0 fully saturated rings. The summed E-state index contributed by atoms with van der Waals surface area (Å²) in [6, 6.07) is 4.33. The zero-order chi connectivity index (χ0) is 9.14. The first-order valence-corrected chi connectivity index (χ1v) is 4.16. The fourth-order valence-corrected chi connectivity index (χ4v) is 1.07. The number of hydrogen-bond acceptors (Lipinski definition) is 1. The van der Waals surface area contributed by atoms with Crippen LogP contribution in [0.5, 0.6) is 0 Å². The third-order valence-electron chi connectivity index (χ3n) is 1.72. The van der Waals surface area contributed by atoms with Crippen molar-refractivity contribution in [2.75, 3.05) is 0 Å². The Balaban J connectivity index is 2.96. The van der Waals surface area contributed by atoms with Gasteiger partial charge in [-0.15, -0.1) is 0 Å². The van der Waals surface area contributed by atoms with E-state index in [1.54, 1.807) is 6.07 Å². The lowest BCUT2D eigenvalue weighted by atomic mass is 10.1. The van der Waals surface area contributed by atoms with Crippen molar-refractivity contribution in [2.24, 2.45) is 0 Å². The fraction of sp³-hybridized carbons (Fsp3) is 0.333. The van der Waals surface area contributed by atoms with E-state index < -0.39 is 11.9 Å². The molecule has 12 heavy (non-hydrogen) atoms. The molecule has 0 aliphatic carbocycles. The van der Waals surface area contributed by atoms with Gasteiger partial charge in [0.1, 0.15) is 5.82 Å². The lowest BCUT2D eigenvalue weighted by Crippen LogP contribution is -1.95. The molecular formula is C9H10ClFO.